The van der Waals surface area contributed by atoms with E-state index in [0.29, 0.717) is 6.07 Å². The third-order valence-electron chi connectivity index (χ3n) is 4.16. The first-order valence-corrected chi connectivity index (χ1v) is 7.92. The number of halogens is 2. The van der Waals surface area contributed by atoms with Crippen LogP contribution in [0.25, 0.3) is 0 Å². The van der Waals surface area contributed by atoms with Crippen LogP contribution in [-0.4, -0.2) is 31.1 Å². The molecular weight excluding hydrogens is 342 g/mol. The zero-order valence-corrected chi connectivity index (χ0v) is 15.0. The van der Waals surface area contributed by atoms with Crippen LogP contribution < -0.4 is 5.32 Å². The molecule has 0 aliphatic carbocycles. The van der Waals surface area contributed by atoms with Gasteiger partial charge in [0.25, 0.3) is 0 Å². The fraction of sp³-hybridized carbons (Fsp3) is 0.263. The third-order valence-corrected chi connectivity index (χ3v) is 4.16. The molecule has 2 aromatic rings. The van der Waals surface area contributed by atoms with Crippen LogP contribution in [0.3, 0.4) is 0 Å². The second-order valence-corrected chi connectivity index (χ2v) is 5.93. The highest BCUT2D eigenvalue weighted by Gasteiger charge is 2.21. The summed E-state index contributed by atoms with van der Waals surface area (Å²) in [5, 5.41) is 2.36. The number of aryl methyl sites for hydroxylation is 1. The Kier molecular flexibility index (Phi) is 5.92. The normalized spacial score (nSPS) is 11.6. The largest absolute Gasteiger partial charge is 0.465 e. The van der Waals surface area contributed by atoms with E-state index in [-0.39, 0.29) is 11.7 Å². The van der Waals surface area contributed by atoms with Crippen molar-refractivity contribution in [2.24, 2.45) is 0 Å². The van der Waals surface area contributed by atoms with Crippen LogP contribution >= 0.6 is 0 Å². The average Bonchev–Trinajstić information content (AvgIpc) is 2.62. The predicted molar refractivity (Wildman–Crippen MR) is 94.1 cm³/mol. The van der Waals surface area contributed by atoms with Gasteiger partial charge >= 0.3 is 12.0 Å². The molecule has 0 saturated carbocycles. The SMILES string of the molecule is COC(=O)c1cc(NC(=O)N(C)C(C)c2ccc(C)cc2)c(F)cc1F. The summed E-state index contributed by atoms with van der Waals surface area (Å²) in [4.78, 5) is 25.3. The first kappa shape index (κ1) is 19.4. The molecule has 5 nitrogen and oxygen atoms in total. The molecule has 1 N–H and O–H groups in total. The van der Waals surface area contributed by atoms with Gasteiger partial charge in [0.05, 0.1) is 24.4 Å². The summed E-state index contributed by atoms with van der Waals surface area (Å²) in [6.07, 6.45) is 0. The second kappa shape index (κ2) is 7.95. The van der Waals surface area contributed by atoms with E-state index >= 15 is 0 Å². The van der Waals surface area contributed by atoms with E-state index in [9.17, 15) is 18.4 Å². The molecule has 0 radical (unpaired) electrons. The predicted octanol–water partition coefficient (Wildman–Crippen LogP) is 4.28. The summed E-state index contributed by atoms with van der Waals surface area (Å²) >= 11 is 0. The number of carbonyl (C=O) groups excluding carboxylic acids is 2. The van der Waals surface area contributed by atoms with Crippen molar-refractivity contribution in [3.05, 3.63) is 64.7 Å². The van der Waals surface area contributed by atoms with Crippen LogP contribution in [-0.2, 0) is 4.74 Å². The van der Waals surface area contributed by atoms with Gasteiger partial charge in [0.1, 0.15) is 11.6 Å². The molecule has 0 fully saturated rings. The van der Waals surface area contributed by atoms with Gasteiger partial charge in [-0.15, -0.1) is 0 Å². The molecule has 0 aliphatic rings. The van der Waals surface area contributed by atoms with E-state index in [1.54, 1.807) is 7.05 Å². The maximum absolute atomic E-state index is 14.0. The number of rotatable bonds is 4. The number of nitrogens with zero attached hydrogens (tertiary/aromatic N) is 1. The number of benzene rings is 2. The summed E-state index contributed by atoms with van der Waals surface area (Å²) in [5.41, 5.74) is 1.23. The highest BCUT2D eigenvalue weighted by Crippen LogP contribution is 2.23. The smallest absolute Gasteiger partial charge is 0.340 e. The maximum atomic E-state index is 14.0. The topological polar surface area (TPSA) is 58.6 Å². The molecule has 0 aliphatic heterocycles. The Labute approximate surface area is 150 Å². The van der Waals surface area contributed by atoms with Crippen molar-refractivity contribution in [3.63, 3.8) is 0 Å². The number of nitrogens with one attached hydrogen (secondary N) is 1. The van der Waals surface area contributed by atoms with E-state index < -0.39 is 29.2 Å². The van der Waals surface area contributed by atoms with Crippen LogP contribution in [0.1, 0.15) is 34.5 Å². The quantitative estimate of drug-likeness (QED) is 0.826. The van der Waals surface area contributed by atoms with E-state index in [1.807, 2.05) is 38.1 Å². The molecule has 0 aromatic heterocycles. The minimum absolute atomic E-state index is 0.279. The van der Waals surface area contributed by atoms with Gasteiger partial charge in [-0.05, 0) is 25.5 Å². The molecule has 2 aromatic carbocycles. The van der Waals surface area contributed by atoms with Crippen LogP contribution in [0.15, 0.2) is 36.4 Å². The molecule has 2 amide bonds. The number of hydrogen-bond donors (Lipinski definition) is 1. The molecule has 7 heteroatoms. The Morgan fingerprint density at radius 3 is 2.31 bits per heavy atom. The van der Waals surface area contributed by atoms with Crippen molar-refractivity contribution in [2.45, 2.75) is 19.9 Å². The van der Waals surface area contributed by atoms with Crippen molar-refractivity contribution < 1.29 is 23.1 Å². The van der Waals surface area contributed by atoms with Crippen molar-refractivity contribution in [1.29, 1.82) is 0 Å². The lowest BCUT2D eigenvalue weighted by atomic mass is 10.1. The highest BCUT2D eigenvalue weighted by molar-refractivity contribution is 5.94. The second-order valence-electron chi connectivity index (χ2n) is 5.93. The number of ether oxygens (including phenoxy) is 1. The van der Waals surface area contributed by atoms with Crippen LogP contribution in [0.4, 0.5) is 19.3 Å². The number of methoxy groups -OCH3 is 1. The van der Waals surface area contributed by atoms with Gasteiger partial charge in [0.2, 0.25) is 0 Å². The molecule has 0 saturated heterocycles. The van der Waals surface area contributed by atoms with Crippen LogP contribution in [0.5, 0.6) is 0 Å². The van der Waals surface area contributed by atoms with E-state index in [2.05, 4.69) is 10.1 Å². The highest BCUT2D eigenvalue weighted by atomic mass is 19.1. The molecular formula is C19H20F2N2O3. The van der Waals surface area contributed by atoms with Crippen molar-refractivity contribution >= 4 is 17.7 Å². The summed E-state index contributed by atoms with van der Waals surface area (Å²) in [6, 6.07) is 8.23. The standard InChI is InChI=1S/C19H20F2N2O3/c1-11-5-7-13(8-6-11)12(2)23(3)19(25)22-17-9-14(18(24)26-4)15(20)10-16(17)21/h5-10,12H,1-4H3,(H,22,25). The van der Waals surface area contributed by atoms with Gasteiger partial charge in [0, 0.05) is 13.1 Å². The minimum Gasteiger partial charge on any atom is -0.465 e. The Morgan fingerprint density at radius 2 is 1.73 bits per heavy atom. The molecule has 1 unspecified atom stereocenters. The van der Waals surface area contributed by atoms with Gasteiger partial charge in [-0.1, -0.05) is 29.8 Å². The van der Waals surface area contributed by atoms with Crippen molar-refractivity contribution in [2.75, 3.05) is 19.5 Å². The molecule has 138 valence electrons. The zero-order valence-electron chi connectivity index (χ0n) is 15.0. The average molecular weight is 362 g/mol. The van der Waals surface area contributed by atoms with Crippen LogP contribution in [0, 0.1) is 18.6 Å². The summed E-state index contributed by atoms with van der Waals surface area (Å²) in [6.45, 7) is 3.78. The van der Waals surface area contributed by atoms with Crippen LogP contribution in [0.2, 0.25) is 0 Å². The lowest BCUT2D eigenvalue weighted by Gasteiger charge is -2.26. The fourth-order valence-corrected chi connectivity index (χ4v) is 2.36. The molecule has 1 atom stereocenters. The first-order chi connectivity index (χ1) is 12.2. The Balaban J connectivity index is 2.20. The van der Waals surface area contributed by atoms with E-state index in [1.165, 1.54) is 4.90 Å². The Hall–Kier alpha value is -2.96. The van der Waals surface area contributed by atoms with E-state index in [0.717, 1.165) is 24.3 Å². The van der Waals surface area contributed by atoms with Gasteiger partial charge in [-0.2, -0.15) is 0 Å². The number of urea groups is 1. The summed E-state index contributed by atoms with van der Waals surface area (Å²) in [5.74, 6) is -3.01. The monoisotopic (exact) mass is 362 g/mol. The van der Waals surface area contributed by atoms with Crippen molar-refractivity contribution in [1.82, 2.24) is 4.90 Å². The van der Waals surface area contributed by atoms with Crippen molar-refractivity contribution in [3.8, 4) is 0 Å². The number of esters is 1. The van der Waals surface area contributed by atoms with E-state index in [4.69, 9.17) is 0 Å². The maximum Gasteiger partial charge on any atom is 0.340 e. The minimum atomic E-state index is -1.06. The first-order valence-electron chi connectivity index (χ1n) is 7.92. The van der Waals surface area contributed by atoms with Gasteiger partial charge in [-0.25, -0.2) is 18.4 Å². The zero-order chi connectivity index (χ0) is 19.4. The third kappa shape index (κ3) is 4.17. The molecule has 0 heterocycles. The lowest BCUT2D eigenvalue weighted by molar-refractivity contribution is 0.0595. The van der Waals surface area contributed by atoms with Gasteiger partial charge in [0.15, 0.2) is 0 Å². The summed E-state index contributed by atoms with van der Waals surface area (Å²) in [7, 11) is 2.64. The number of amides is 2. The Bertz CT molecular complexity index is 822. The lowest BCUT2D eigenvalue weighted by Crippen LogP contribution is -2.34. The molecule has 26 heavy (non-hydrogen) atoms. The molecule has 0 bridgehead atoms. The summed E-state index contributed by atoms with van der Waals surface area (Å²) < 4.78 is 32.1. The number of hydrogen-bond acceptors (Lipinski definition) is 3. The Morgan fingerprint density at radius 1 is 1.12 bits per heavy atom. The molecule has 2 rings (SSSR count). The van der Waals surface area contributed by atoms with Gasteiger partial charge < -0.3 is 15.0 Å². The number of anilines is 1. The molecule has 0 spiro atoms. The number of carbonyl (C=O) groups is 2. The van der Waals surface area contributed by atoms with Gasteiger partial charge in [-0.3, -0.25) is 0 Å². The fourth-order valence-electron chi connectivity index (χ4n) is 2.36.